The second-order valence-electron chi connectivity index (χ2n) is 5.17. The SMILES string of the molecule is CCCCOCCC(CNCC)c1ccc(C)cc1. The molecule has 0 saturated carbocycles. The molecule has 0 bridgehead atoms. The Hall–Kier alpha value is -0.860. The molecule has 19 heavy (non-hydrogen) atoms. The maximum absolute atomic E-state index is 5.70. The number of nitrogens with one attached hydrogen (secondary N) is 1. The molecule has 108 valence electrons. The molecule has 0 aliphatic carbocycles. The molecule has 0 aromatic heterocycles. The van der Waals surface area contributed by atoms with Crippen LogP contribution in [0.5, 0.6) is 0 Å². The summed E-state index contributed by atoms with van der Waals surface area (Å²) >= 11 is 0. The lowest BCUT2D eigenvalue weighted by Crippen LogP contribution is -2.22. The van der Waals surface area contributed by atoms with Crippen LogP contribution in [-0.2, 0) is 4.74 Å². The van der Waals surface area contributed by atoms with Gasteiger partial charge in [-0.15, -0.1) is 0 Å². The van der Waals surface area contributed by atoms with Gasteiger partial charge in [-0.1, -0.05) is 50.1 Å². The van der Waals surface area contributed by atoms with Gasteiger partial charge < -0.3 is 10.1 Å². The minimum absolute atomic E-state index is 0.558. The Morgan fingerprint density at radius 1 is 1.11 bits per heavy atom. The molecule has 2 nitrogen and oxygen atoms in total. The van der Waals surface area contributed by atoms with Gasteiger partial charge in [0.25, 0.3) is 0 Å². The molecule has 2 heteroatoms. The van der Waals surface area contributed by atoms with Gasteiger partial charge in [0.2, 0.25) is 0 Å². The van der Waals surface area contributed by atoms with E-state index in [1.54, 1.807) is 0 Å². The van der Waals surface area contributed by atoms with Crippen LogP contribution in [0.25, 0.3) is 0 Å². The van der Waals surface area contributed by atoms with E-state index in [0.717, 1.165) is 32.7 Å². The van der Waals surface area contributed by atoms with Crippen molar-refractivity contribution in [3.63, 3.8) is 0 Å². The van der Waals surface area contributed by atoms with Gasteiger partial charge >= 0.3 is 0 Å². The molecule has 0 spiro atoms. The predicted octanol–water partition coefficient (Wildman–Crippen LogP) is 3.89. The average Bonchev–Trinajstić information content (AvgIpc) is 2.43. The average molecular weight is 263 g/mol. The standard InChI is InChI=1S/C17H29NO/c1-4-6-12-19-13-11-17(14-18-5-2)16-9-7-15(3)8-10-16/h7-10,17-18H,4-6,11-14H2,1-3H3. The molecule has 0 aliphatic rings. The van der Waals surface area contributed by atoms with Crippen LogP contribution in [0.3, 0.4) is 0 Å². The largest absolute Gasteiger partial charge is 0.381 e. The van der Waals surface area contributed by atoms with Gasteiger partial charge in [-0.05, 0) is 37.8 Å². The third kappa shape index (κ3) is 6.74. The third-order valence-electron chi connectivity index (χ3n) is 3.44. The predicted molar refractivity (Wildman–Crippen MR) is 82.8 cm³/mol. The summed E-state index contributed by atoms with van der Waals surface area (Å²) in [6.07, 6.45) is 3.47. The monoisotopic (exact) mass is 263 g/mol. The lowest BCUT2D eigenvalue weighted by molar-refractivity contribution is 0.124. The van der Waals surface area contributed by atoms with Crippen LogP contribution >= 0.6 is 0 Å². The van der Waals surface area contributed by atoms with Crippen LogP contribution in [0.15, 0.2) is 24.3 Å². The summed E-state index contributed by atoms with van der Waals surface area (Å²) in [4.78, 5) is 0. The molecule has 0 fully saturated rings. The van der Waals surface area contributed by atoms with Gasteiger partial charge in [0.15, 0.2) is 0 Å². The van der Waals surface area contributed by atoms with Crippen molar-refractivity contribution in [2.75, 3.05) is 26.3 Å². The van der Waals surface area contributed by atoms with Crippen molar-refractivity contribution >= 4 is 0 Å². The van der Waals surface area contributed by atoms with E-state index in [4.69, 9.17) is 4.74 Å². The smallest absolute Gasteiger partial charge is 0.0472 e. The summed E-state index contributed by atoms with van der Waals surface area (Å²) in [5, 5.41) is 3.46. The first kappa shape index (κ1) is 16.2. The van der Waals surface area contributed by atoms with Crippen molar-refractivity contribution in [2.45, 2.75) is 46.0 Å². The summed E-state index contributed by atoms with van der Waals surface area (Å²) in [5.74, 6) is 0.558. The van der Waals surface area contributed by atoms with Crippen LogP contribution < -0.4 is 5.32 Å². The molecule has 0 amide bonds. The van der Waals surface area contributed by atoms with E-state index in [1.165, 1.54) is 24.0 Å². The number of unbranched alkanes of at least 4 members (excludes halogenated alkanes) is 1. The number of hydrogen-bond donors (Lipinski definition) is 1. The molecule has 0 saturated heterocycles. The first-order valence-electron chi connectivity index (χ1n) is 7.63. The van der Waals surface area contributed by atoms with E-state index in [1.807, 2.05) is 0 Å². The Morgan fingerprint density at radius 2 is 1.84 bits per heavy atom. The van der Waals surface area contributed by atoms with Crippen LogP contribution in [0.1, 0.15) is 50.2 Å². The summed E-state index contributed by atoms with van der Waals surface area (Å²) in [7, 11) is 0. The highest BCUT2D eigenvalue weighted by Gasteiger charge is 2.10. The van der Waals surface area contributed by atoms with Crippen molar-refractivity contribution in [2.24, 2.45) is 0 Å². The van der Waals surface area contributed by atoms with Crippen LogP contribution in [-0.4, -0.2) is 26.3 Å². The number of hydrogen-bond acceptors (Lipinski definition) is 2. The summed E-state index contributed by atoms with van der Waals surface area (Å²) in [6, 6.07) is 8.91. The van der Waals surface area contributed by atoms with E-state index >= 15 is 0 Å². The van der Waals surface area contributed by atoms with Gasteiger partial charge in [0, 0.05) is 19.8 Å². The van der Waals surface area contributed by atoms with E-state index < -0.39 is 0 Å². The fourth-order valence-electron chi connectivity index (χ4n) is 2.12. The first-order chi connectivity index (χ1) is 9.27. The topological polar surface area (TPSA) is 21.3 Å². The van der Waals surface area contributed by atoms with Crippen LogP contribution in [0, 0.1) is 6.92 Å². The minimum Gasteiger partial charge on any atom is -0.381 e. The molecule has 1 N–H and O–H groups in total. The highest BCUT2D eigenvalue weighted by molar-refractivity contribution is 5.24. The minimum atomic E-state index is 0.558. The number of likely N-dealkylation sites (N-methyl/N-ethyl adjacent to an activating group) is 1. The van der Waals surface area contributed by atoms with E-state index in [2.05, 4.69) is 50.4 Å². The van der Waals surface area contributed by atoms with Crippen molar-refractivity contribution in [3.8, 4) is 0 Å². The molecule has 0 radical (unpaired) electrons. The molecule has 1 aromatic carbocycles. The lowest BCUT2D eigenvalue weighted by Gasteiger charge is -2.18. The summed E-state index contributed by atoms with van der Waals surface area (Å²) in [5.41, 5.74) is 2.75. The second kappa shape index (κ2) is 9.99. The number of ether oxygens (including phenoxy) is 1. The van der Waals surface area contributed by atoms with E-state index in [9.17, 15) is 0 Å². The Labute approximate surface area is 118 Å². The van der Waals surface area contributed by atoms with Crippen molar-refractivity contribution in [1.29, 1.82) is 0 Å². The van der Waals surface area contributed by atoms with Gasteiger partial charge in [0.1, 0.15) is 0 Å². The highest BCUT2D eigenvalue weighted by Crippen LogP contribution is 2.19. The van der Waals surface area contributed by atoms with Crippen LogP contribution in [0.2, 0.25) is 0 Å². The fraction of sp³-hybridized carbons (Fsp3) is 0.647. The Kier molecular flexibility index (Phi) is 8.52. The molecular weight excluding hydrogens is 234 g/mol. The van der Waals surface area contributed by atoms with Gasteiger partial charge in [-0.25, -0.2) is 0 Å². The lowest BCUT2D eigenvalue weighted by atomic mass is 9.95. The zero-order valence-electron chi connectivity index (χ0n) is 12.7. The highest BCUT2D eigenvalue weighted by atomic mass is 16.5. The Morgan fingerprint density at radius 3 is 2.47 bits per heavy atom. The second-order valence-corrected chi connectivity index (χ2v) is 5.17. The molecule has 1 rings (SSSR count). The molecule has 1 aromatic rings. The maximum Gasteiger partial charge on any atom is 0.0472 e. The van der Waals surface area contributed by atoms with Crippen molar-refractivity contribution in [3.05, 3.63) is 35.4 Å². The normalized spacial score (nSPS) is 12.6. The van der Waals surface area contributed by atoms with Gasteiger partial charge in [0.05, 0.1) is 0 Å². The van der Waals surface area contributed by atoms with Gasteiger partial charge in [-0.2, -0.15) is 0 Å². The molecule has 0 aliphatic heterocycles. The Balaban J connectivity index is 2.44. The van der Waals surface area contributed by atoms with E-state index in [-0.39, 0.29) is 0 Å². The maximum atomic E-state index is 5.70. The number of benzene rings is 1. The number of rotatable bonds is 10. The zero-order chi connectivity index (χ0) is 13.9. The molecule has 1 unspecified atom stereocenters. The summed E-state index contributed by atoms with van der Waals surface area (Å²) < 4.78 is 5.70. The van der Waals surface area contributed by atoms with E-state index in [0.29, 0.717) is 5.92 Å². The summed E-state index contributed by atoms with van der Waals surface area (Å²) in [6.45, 7) is 10.3. The van der Waals surface area contributed by atoms with Crippen LogP contribution in [0.4, 0.5) is 0 Å². The molecule has 1 atom stereocenters. The quantitative estimate of drug-likeness (QED) is 0.647. The zero-order valence-corrected chi connectivity index (χ0v) is 12.7. The Bertz CT molecular complexity index is 321. The number of aryl methyl sites for hydroxylation is 1. The molecular formula is C17H29NO. The molecule has 0 heterocycles. The first-order valence-corrected chi connectivity index (χ1v) is 7.63. The third-order valence-corrected chi connectivity index (χ3v) is 3.44. The fourth-order valence-corrected chi connectivity index (χ4v) is 2.12. The van der Waals surface area contributed by atoms with Crippen molar-refractivity contribution < 1.29 is 4.74 Å². The van der Waals surface area contributed by atoms with Gasteiger partial charge in [-0.3, -0.25) is 0 Å². The van der Waals surface area contributed by atoms with Crippen molar-refractivity contribution in [1.82, 2.24) is 5.32 Å².